The summed E-state index contributed by atoms with van der Waals surface area (Å²) in [6.45, 7) is 2.73. The molecule has 1 rings (SSSR count). The first kappa shape index (κ1) is 9.67. The molecule has 0 saturated carbocycles. The van der Waals surface area contributed by atoms with Crippen molar-refractivity contribution in [3.8, 4) is 18.1 Å². The van der Waals surface area contributed by atoms with E-state index in [1.54, 1.807) is 0 Å². The highest BCUT2D eigenvalue weighted by Crippen LogP contribution is 2.13. The van der Waals surface area contributed by atoms with Crippen LogP contribution in [0.1, 0.15) is 18.9 Å². The van der Waals surface area contributed by atoms with Gasteiger partial charge in [0.25, 0.3) is 0 Å². The van der Waals surface area contributed by atoms with E-state index in [9.17, 15) is 0 Å². The third-order valence-electron chi connectivity index (χ3n) is 1.82. The number of hydrogen-bond donors (Lipinski definition) is 0. The highest BCUT2D eigenvalue weighted by Gasteiger charge is 1.93. The largest absolute Gasteiger partial charge is 0.493 e. The third-order valence-corrected chi connectivity index (χ3v) is 1.82. The van der Waals surface area contributed by atoms with E-state index in [0.717, 1.165) is 12.2 Å². The summed E-state index contributed by atoms with van der Waals surface area (Å²) >= 11 is 0. The Morgan fingerprint density at radius 2 is 2.31 bits per heavy atom. The van der Waals surface area contributed by atoms with Gasteiger partial charge >= 0.3 is 0 Å². The van der Waals surface area contributed by atoms with Crippen LogP contribution in [-0.4, -0.2) is 6.61 Å². The lowest BCUT2D eigenvalue weighted by atomic mass is 10.2. The van der Waals surface area contributed by atoms with Crippen molar-refractivity contribution in [2.45, 2.75) is 19.8 Å². The molecule has 0 aliphatic heterocycles. The minimum absolute atomic E-state index is 0.601. The molecule has 68 valence electrons. The maximum absolute atomic E-state index is 5.45. The van der Waals surface area contributed by atoms with Gasteiger partial charge in [-0.1, -0.05) is 19.1 Å². The molecule has 13 heavy (non-hydrogen) atoms. The van der Waals surface area contributed by atoms with Gasteiger partial charge in [0.2, 0.25) is 0 Å². The average molecular weight is 174 g/mol. The third kappa shape index (κ3) is 3.21. The fourth-order valence-corrected chi connectivity index (χ4v) is 1.08. The van der Waals surface area contributed by atoms with Crippen molar-refractivity contribution in [2.75, 3.05) is 6.61 Å². The van der Waals surface area contributed by atoms with Crippen molar-refractivity contribution in [2.24, 2.45) is 0 Å². The minimum atomic E-state index is 0.601. The zero-order valence-corrected chi connectivity index (χ0v) is 7.92. The number of rotatable bonds is 4. The van der Waals surface area contributed by atoms with Crippen LogP contribution in [0.3, 0.4) is 0 Å². The van der Waals surface area contributed by atoms with E-state index in [1.165, 1.54) is 5.56 Å². The van der Waals surface area contributed by atoms with Crippen LogP contribution in [0.4, 0.5) is 0 Å². The standard InChI is InChI=1S/C12H14O/c1-3-5-9-13-12-8-6-7-11(4-2)10-12/h1,6-8,10H,4-5,9H2,2H3. The summed E-state index contributed by atoms with van der Waals surface area (Å²) in [7, 11) is 0. The minimum Gasteiger partial charge on any atom is -0.493 e. The second kappa shape index (κ2) is 5.27. The van der Waals surface area contributed by atoms with Crippen molar-refractivity contribution >= 4 is 0 Å². The van der Waals surface area contributed by atoms with Crippen LogP contribution in [0.5, 0.6) is 5.75 Å². The summed E-state index contributed by atoms with van der Waals surface area (Å²) in [6, 6.07) is 8.10. The average Bonchev–Trinajstić information content (AvgIpc) is 2.19. The zero-order valence-electron chi connectivity index (χ0n) is 7.92. The molecule has 0 bridgehead atoms. The Kier molecular flexibility index (Phi) is 3.92. The molecule has 0 saturated heterocycles. The van der Waals surface area contributed by atoms with E-state index in [4.69, 9.17) is 11.2 Å². The predicted molar refractivity (Wildman–Crippen MR) is 54.8 cm³/mol. The fraction of sp³-hybridized carbons (Fsp3) is 0.333. The van der Waals surface area contributed by atoms with Gasteiger partial charge in [-0.3, -0.25) is 0 Å². The van der Waals surface area contributed by atoms with Gasteiger partial charge in [0, 0.05) is 6.42 Å². The molecule has 0 atom stereocenters. The SMILES string of the molecule is C#CCCOc1cccc(CC)c1. The van der Waals surface area contributed by atoms with Gasteiger partial charge in [-0.2, -0.15) is 0 Å². The highest BCUT2D eigenvalue weighted by molar-refractivity contribution is 5.28. The van der Waals surface area contributed by atoms with E-state index in [0.29, 0.717) is 13.0 Å². The van der Waals surface area contributed by atoms with E-state index in [-0.39, 0.29) is 0 Å². The maximum Gasteiger partial charge on any atom is 0.119 e. The normalized spacial score (nSPS) is 9.23. The summed E-state index contributed by atoms with van der Waals surface area (Å²) < 4.78 is 5.45. The van der Waals surface area contributed by atoms with Crippen LogP contribution < -0.4 is 4.74 Å². The van der Waals surface area contributed by atoms with Gasteiger partial charge in [-0.15, -0.1) is 12.3 Å². The molecule has 1 aromatic rings. The second-order valence-corrected chi connectivity index (χ2v) is 2.80. The molecule has 0 aliphatic rings. The van der Waals surface area contributed by atoms with Crippen LogP contribution in [0.25, 0.3) is 0 Å². The van der Waals surface area contributed by atoms with Crippen LogP contribution in [0.2, 0.25) is 0 Å². The Balaban J connectivity index is 2.52. The molecule has 0 aliphatic carbocycles. The molecule has 0 radical (unpaired) electrons. The quantitative estimate of drug-likeness (QED) is 0.503. The van der Waals surface area contributed by atoms with E-state index >= 15 is 0 Å². The lowest BCUT2D eigenvalue weighted by Gasteiger charge is -2.04. The summed E-state index contributed by atoms with van der Waals surface area (Å²) in [6.07, 6.45) is 6.82. The molecule has 0 heterocycles. The van der Waals surface area contributed by atoms with Gasteiger partial charge in [0.15, 0.2) is 0 Å². The summed E-state index contributed by atoms with van der Waals surface area (Å²) in [4.78, 5) is 0. The molecule has 0 amide bonds. The Bertz CT molecular complexity index is 296. The monoisotopic (exact) mass is 174 g/mol. The van der Waals surface area contributed by atoms with Crippen LogP contribution in [0.15, 0.2) is 24.3 Å². The molecule has 0 spiro atoms. The Hall–Kier alpha value is -1.42. The number of ether oxygens (including phenoxy) is 1. The van der Waals surface area contributed by atoms with Crippen LogP contribution >= 0.6 is 0 Å². The van der Waals surface area contributed by atoms with Gasteiger partial charge in [0.05, 0.1) is 6.61 Å². The molecular weight excluding hydrogens is 160 g/mol. The Morgan fingerprint density at radius 1 is 1.46 bits per heavy atom. The number of terminal acetylenes is 1. The number of aryl methyl sites for hydroxylation is 1. The molecule has 0 unspecified atom stereocenters. The molecule has 1 aromatic carbocycles. The first-order valence-corrected chi connectivity index (χ1v) is 4.52. The van der Waals surface area contributed by atoms with Gasteiger partial charge in [-0.05, 0) is 24.1 Å². The maximum atomic E-state index is 5.45. The lowest BCUT2D eigenvalue weighted by molar-refractivity contribution is 0.327. The summed E-state index contributed by atoms with van der Waals surface area (Å²) in [5, 5.41) is 0. The Labute approximate surface area is 79.7 Å². The van der Waals surface area contributed by atoms with Gasteiger partial charge in [0.1, 0.15) is 5.75 Å². The van der Waals surface area contributed by atoms with Crippen molar-refractivity contribution in [3.63, 3.8) is 0 Å². The second-order valence-electron chi connectivity index (χ2n) is 2.80. The molecule has 1 nitrogen and oxygen atoms in total. The van der Waals surface area contributed by atoms with Crippen molar-refractivity contribution in [3.05, 3.63) is 29.8 Å². The van der Waals surface area contributed by atoms with E-state index in [2.05, 4.69) is 25.0 Å². The number of hydrogen-bond acceptors (Lipinski definition) is 1. The van der Waals surface area contributed by atoms with E-state index < -0.39 is 0 Å². The predicted octanol–water partition coefficient (Wildman–Crippen LogP) is 2.65. The molecular formula is C12H14O. The van der Waals surface area contributed by atoms with Gasteiger partial charge < -0.3 is 4.74 Å². The van der Waals surface area contributed by atoms with E-state index in [1.807, 2.05) is 12.1 Å². The Morgan fingerprint density at radius 3 is 3.00 bits per heavy atom. The smallest absolute Gasteiger partial charge is 0.119 e. The summed E-state index contributed by atoms with van der Waals surface area (Å²) in [5.74, 6) is 3.45. The first-order valence-electron chi connectivity index (χ1n) is 4.52. The van der Waals surface area contributed by atoms with Crippen LogP contribution in [-0.2, 0) is 6.42 Å². The molecule has 0 aromatic heterocycles. The van der Waals surface area contributed by atoms with Gasteiger partial charge in [-0.25, -0.2) is 0 Å². The van der Waals surface area contributed by atoms with Crippen LogP contribution in [0, 0.1) is 12.3 Å². The van der Waals surface area contributed by atoms with Crippen molar-refractivity contribution in [1.82, 2.24) is 0 Å². The summed E-state index contributed by atoms with van der Waals surface area (Å²) in [5.41, 5.74) is 1.29. The fourth-order valence-electron chi connectivity index (χ4n) is 1.08. The van der Waals surface area contributed by atoms with Crippen molar-refractivity contribution < 1.29 is 4.74 Å². The molecule has 1 heteroatoms. The first-order chi connectivity index (χ1) is 6.36. The topological polar surface area (TPSA) is 9.23 Å². The van der Waals surface area contributed by atoms with Crippen molar-refractivity contribution in [1.29, 1.82) is 0 Å². The zero-order chi connectivity index (χ0) is 9.52. The number of benzene rings is 1. The molecule has 0 fully saturated rings. The lowest BCUT2D eigenvalue weighted by Crippen LogP contribution is -1.95. The highest BCUT2D eigenvalue weighted by atomic mass is 16.5. The molecule has 0 N–H and O–H groups in total.